The molecule has 0 saturated heterocycles. The molecule has 0 aliphatic rings. The molecule has 0 aromatic heterocycles. The number of hydrogen-bond donors (Lipinski definition) is 6. The number of carbonyl (C=O) groups excluding carboxylic acids is 1. The Kier molecular flexibility index (Phi) is 5.40. The second-order valence-corrected chi connectivity index (χ2v) is 4.13. The van der Waals surface area contributed by atoms with Crippen molar-refractivity contribution < 1.29 is 30.3 Å². The van der Waals surface area contributed by atoms with Crippen molar-refractivity contribution in [1.29, 1.82) is 0 Å². The highest BCUT2D eigenvalue weighted by atomic mass is 16.4. The van der Waals surface area contributed by atoms with Crippen molar-refractivity contribution in [2.45, 2.75) is 24.4 Å². The van der Waals surface area contributed by atoms with E-state index in [1.807, 2.05) is 0 Å². The first kappa shape index (κ1) is 15.5. The molecule has 1 aromatic rings. The maximum absolute atomic E-state index is 11.9. The third kappa shape index (κ3) is 3.49. The summed E-state index contributed by atoms with van der Waals surface area (Å²) in [6, 6.07) is 5.94. The van der Waals surface area contributed by atoms with Gasteiger partial charge in [-0.1, -0.05) is 12.1 Å². The zero-order chi connectivity index (χ0) is 14.6. The van der Waals surface area contributed by atoms with Crippen LogP contribution in [0, 0.1) is 0 Å². The van der Waals surface area contributed by atoms with Crippen LogP contribution in [0.1, 0.15) is 10.4 Å². The van der Waals surface area contributed by atoms with Gasteiger partial charge in [0.25, 0.3) is 0 Å². The molecule has 0 radical (unpaired) electrons. The van der Waals surface area contributed by atoms with Crippen LogP contribution in [0.4, 0.5) is 5.69 Å². The van der Waals surface area contributed by atoms with E-state index in [1.165, 1.54) is 18.2 Å². The molecule has 19 heavy (non-hydrogen) atoms. The van der Waals surface area contributed by atoms with Crippen molar-refractivity contribution in [3.8, 4) is 0 Å². The van der Waals surface area contributed by atoms with E-state index in [2.05, 4.69) is 0 Å². The summed E-state index contributed by atoms with van der Waals surface area (Å²) in [5.74, 6) is -0.880. The molecular formula is C12H17NO6. The maximum atomic E-state index is 11.9. The van der Waals surface area contributed by atoms with Gasteiger partial charge in [0.05, 0.1) is 6.61 Å². The quantitative estimate of drug-likeness (QED) is 0.256. The van der Waals surface area contributed by atoms with Crippen molar-refractivity contribution in [2.75, 3.05) is 12.3 Å². The summed E-state index contributed by atoms with van der Waals surface area (Å²) >= 11 is 0. The average Bonchev–Trinajstić information content (AvgIpc) is 2.43. The lowest BCUT2D eigenvalue weighted by molar-refractivity contribution is -0.105. The van der Waals surface area contributed by atoms with Gasteiger partial charge in [-0.3, -0.25) is 4.79 Å². The predicted octanol–water partition coefficient (Wildman–Crippen LogP) is -2.11. The summed E-state index contributed by atoms with van der Waals surface area (Å²) in [5, 5.41) is 46.4. The third-order valence-electron chi connectivity index (χ3n) is 2.75. The van der Waals surface area contributed by atoms with E-state index in [1.54, 1.807) is 6.07 Å². The largest absolute Gasteiger partial charge is 0.398 e. The van der Waals surface area contributed by atoms with Crippen LogP contribution < -0.4 is 5.73 Å². The fourth-order valence-electron chi connectivity index (χ4n) is 1.56. The highest BCUT2D eigenvalue weighted by Gasteiger charge is 2.34. The summed E-state index contributed by atoms with van der Waals surface area (Å²) in [4.78, 5) is 11.9. The zero-order valence-corrected chi connectivity index (χ0v) is 10.0. The van der Waals surface area contributed by atoms with E-state index in [0.29, 0.717) is 0 Å². The van der Waals surface area contributed by atoms with Gasteiger partial charge >= 0.3 is 0 Å². The normalized spacial score (nSPS) is 17.5. The van der Waals surface area contributed by atoms with Gasteiger partial charge < -0.3 is 31.3 Å². The molecule has 1 rings (SSSR count). The Bertz CT molecular complexity index is 438. The number of rotatable bonds is 6. The minimum Gasteiger partial charge on any atom is -0.398 e. The number of ketones is 1. The summed E-state index contributed by atoms with van der Waals surface area (Å²) in [7, 11) is 0. The topological polar surface area (TPSA) is 144 Å². The Labute approximate surface area is 109 Å². The smallest absolute Gasteiger partial charge is 0.196 e. The number of para-hydroxylation sites is 1. The van der Waals surface area contributed by atoms with Crippen molar-refractivity contribution in [1.82, 2.24) is 0 Å². The number of nitrogen functional groups attached to an aromatic ring is 1. The van der Waals surface area contributed by atoms with Gasteiger partial charge in [-0.05, 0) is 12.1 Å². The second kappa shape index (κ2) is 6.60. The van der Waals surface area contributed by atoms with Crippen molar-refractivity contribution in [3.05, 3.63) is 29.8 Å². The standard InChI is InChI=1S/C12H17NO6/c13-7-4-2-1-3-6(7)9(16)11(18)12(19)10(17)8(15)5-14/h1-4,8,10-12,14-15,17-19H,5,13H2/t8-,10-,11+,12+/m1/s1. The highest BCUT2D eigenvalue weighted by Crippen LogP contribution is 2.16. The fraction of sp³-hybridized carbons (Fsp3) is 0.417. The van der Waals surface area contributed by atoms with Crippen molar-refractivity contribution in [3.63, 3.8) is 0 Å². The van der Waals surface area contributed by atoms with Gasteiger partial charge in [0.15, 0.2) is 5.78 Å². The number of aliphatic hydroxyl groups excluding tert-OH is 5. The van der Waals surface area contributed by atoms with Gasteiger partial charge in [0, 0.05) is 11.3 Å². The third-order valence-corrected chi connectivity index (χ3v) is 2.75. The minimum absolute atomic E-state index is 0.000242. The number of aliphatic hydroxyl groups is 5. The van der Waals surface area contributed by atoms with Crippen LogP contribution in [0.3, 0.4) is 0 Å². The Morgan fingerprint density at radius 3 is 2.21 bits per heavy atom. The highest BCUT2D eigenvalue weighted by molar-refractivity contribution is 6.03. The molecule has 0 amide bonds. The van der Waals surface area contributed by atoms with Crippen molar-refractivity contribution in [2.24, 2.45) is 0 Å². The monoisotopic (exact) mass is 271 g/mol. The SMILES string of the molecule is Nc1ccccc1C(=O)[C@H](O)[C@@H](O)[C@H](O)[C@H](O)CO. The first-order chi connectivity index (χ1) is 8.90. The summed E-state index contributed by atoms with van der Waals surface area (Å²) < 4.78 is 0. The van der Waals surface area contributed by atoms with E-state index in [0.717, 1.165) is 0 Å². The molecule has 106 valence electrons. The molecule has 0 unspecified atom stereocenters. The molecule has 7 heteroatoms. The van der Waals surface area contributed by atoms with Gasteiger partial charge in [0.2, 0.25) is 0 Å². The van der Waals surface area contributed by atoms with E-state index in [9.17, 15) is 20.1 Å². The fourth-order valence-corrected chi connectivity index (χ4v) is 1.56. The lowest BCUT2D eigenvalue weighted by Gasteiger charge is -2.25. The number of hydrogen-bond acceptors (Lipinski definition) is 7. The molecule has 0 saturated carbocycles. The Morgan fingerprint density at radius 2 is 1.68 bits per heavy atom. The summed E-state index contributed by atoms with van der Waals surface area (Å²) in [5.41, 5.74) is 5.68. The van der Waals surface area contributed by atoms with Crippen LogP contribution in [-0.4, -0.2) is 62.3 Å². The molecule has 0 aliphatic heterocycles. The van der Waals surface area contributed by atoms with Gasteiger partial charge in [-0.15, -0.1) is 0 Å². The van der Waals surface area contributed by atoms with Crippen LogP contribution in [-0.2, 0) is 0 Å². The summed E-state index contributed by atoms with van der Waals surface area (Å²) in [6.07, 6.45) is -7.41. The van der Waals surface area contributed by atoms with E-state index in [4.69, 9.17) is 15.9 Å². The molecule has 0 bridgehead atoms. The second-order valence-electron chi connectivity index (χ2n) is 4.13. The first-order valence-corrected chi connectivity index (χ1v) is 5.62. The number of benzene rings is 1. The number of carbonyl (C=O) groups is 1. The Hall–Kier alpha value is -1.51. The molecule has 0 heterocycles. The van der Waals surface area contributed by atoms with E-state index in [-0.39, 0.29) is 11.3 Å². The molecule has 0 fully saturated rings. The number of nitrogens with two attached hydrogens (primary N) is 1. The maximum Gasteiger partial charge on any atom is 0.196 e. The number of anilines is 1. The van der Waals surface area contributed by atoms with Crippen LogP contribution >= 0.6 is 0 Å². The van der Waals surface area contributed by atoms with Gasteiger partial charge in [0.1, 0.15) is 24.4 Å². The molecule has 0 spiro atoms. The molecule has 7 N–H and O–H groups in total. The van der Waals surface area contributed by atoms with E-state index >= 15 is 0 Å². The van der Waals surface area contributed by atoms with E-state index < -0.39 is 36.8 Å². The zero-order valence-electron chi connectivity index (χ0n) is 10.0. The predicted molar refractivity (Wildman–Crippen MR) is 66.3 cm³/mol. The van der Waals surface area contributed by atoms with Crippen LogP contribution in [0.2, 0.25) is 0 Å². The van der Waals surface area contributed by atoms with Crippen molar-refractivity contribution >= 4 is 11.5 Å². The summed E-state index contributed by atoms with van der Waals surface area (Å²) in [6.45, 7) is -0.813. The molecule has 0 aliphatic carbocycles. The van der Waals surface area contributed by atoms with Crippen LogP contribution in [0.25, 0.3) is 0 Å². The lowest BCUT2D eigenvalue weighted by Crippen LogP contribution is -2.48. The lowest BCUT2D eigenvalue weighted by atomic mass is 9.96. The number of Topliss-reactive ketones (excluding diaryl/α,β-unsaturated/α-hetero) is 1. The molecule has 4 atom stereocenters. The Balaban J connectivity index is 2.86. The molecule has 7 nitrogen and oxygen atoms in total. The minimum atomic E-state index is -1.96. The Morgan fingerprint density at radius 1 is 1.11 bits per heavy atom. The molecular weight excluding hydrogens is 254 g/mol. The molecule has 1 aromatic carbocycles. The van der Waals surface area contributed by atoms with Gasteiger partial charge in [-0.25, -0.2) is 0 Å². The first-order valence-electron chi connectivity index (χ1n) is 5.62. The van der Waals surface area contributed by atoms with Gasteiger partial charge in [-0.2, -0.15) is 0 Å². The van der Waals surface area contributed by atoms with Crippen LogP contribution in [0.5, 0.6) is 0 Å². The average molecular weight is 271 g/mol. The van der Waals surface area contributed by atoms with Crippen LogP contribution in [0.15, 0.2) is 24.3 Å².